The van der Waals surface area contributed by atoms with E-state index in [9.17, 15) is 8.42 Å². The number of aromatic nitrogens is 2. The maximum absolute atomic E-state index is 12.8. The third-order valence-corrected chi connectivity index (χ3v) is 5.63. The zero-order valence-electron chi connectivity index (χ0n) is 12.9. The molecule has 2 N–H and O–H groups in total. The Morgan fingerprint density at radius 3 is 2.71 bits per heavy atom. The van der Waals surface area contributed by atoms with Gasteiger partial charge in [-0.25, -0.2) is 8.42 Å². The molecule has 0 bridgehead atoms. The maximum atomic E-state index is 12.8. The maximum Gasteiger partial charge on any atom is 0.263 e. The van der Waals surface area contributed by atoms with Gasteiger partial charge in [-0.1, -0.05) is 6.08 Å². The molecule has 6 nitrogen and oxygen atoms in total. The van der Waals surface area contributed by atoms with E-state index >= 15 is 0 Å². The van der Waals surface area contributed by atoms with Crippen molar-refractivity contribution in [3.05, 3.63) is 23.9 Å². The van der Waals surface area contributed by atoms with Gasteiger partial charge in [-0.3, -0.25) is 5.10 Å². The second-order valence-corrected chi connectivity index (χ2v) is 7.55. The molecule has 0 amide bonds. The summed E-state index contributed by atoms with van der Waals surface area (Å²) in [7, 11) is -3.62. The van der Waals surface area contributed by atoms with Gasteiger partial charge in [0.05, 0.1) is 0 Å². The predicted molar refractivity (Wildman–Crippen MR) is 82.4 cm³/mol. The van der Waals surface area contributed by atoms with Crippen LogP contribution in [-0.4, -0.2) is 41.5 Å². The molecule has 0 spiro atoms. The first-order valence-electron chi connectivity index (χ1n) is 7.28. The summed E-state index contributed by atoms with van der Waals surface area (Å²) in [5.74, 6) is 0. The molecular weight excluding hydrogens is 288 g/mol. The van der Waals surface area contributed by atoms with Crippen LogP contribution >= 0.6 is 0 Å². The summed E-state index contributed by atoms with van der Waals surface area (Å²) in [6.07, 6.45) is 3.92. The monoisotopic (exact) mass is 312 g/mol. The summed E-state index contributed by atoms with van der Waals surface area (Å²) >= 11 is 0. The minimum Gasteiger partial charge on any atom is -0.310 e. The number of hydrogen-bond donors (Lipinski definition) is 2. The Kier molecular flexibility index (Phi) is 4.85. The summed E-state index contributed by atoms with van der Waals surface area (Å²) in [6.45, 7) is 10.00. The zero-order valence-corrected chi connectivity index (χ0v) is 13.7. The van der Waals surface area contributed by atoms with Gasteiger partial charge >= 0.3 is 0 Å². The molecule has 2 rings (SSSR count). The lowest BCUT2D eigenvalue weighted by Crippen LogP contribution is -2.37. The fourth-order valence-corrected chi connectivity index (χ4v) is 3.99. The Morgan fingerprint density at radius 1 is 1.52 bits per heavy atom. The van der Waals surface area contributed by atoms with Gasteiger partial charge in [0.15, 0.2) is 5.03 Å². The van der Waals surface area contributed by atoms with Gasteiger partial charge in [-0.05, 0) is 33.6 Å². The normalized spacial score (nSPS) is 15.9. The number of H-pyrrole nitrogens is 1. The van der Waals surface area contributed by atoms with Crippen LogP contribution in [0, 0.1) is 6.92 Å². The molecule has 0 unspecified atom stereocenters. The van der Waals surface area contributed by atoms with E-state index in [1.807, 2.05) is 20.8 Å². The van der Waals surface area contributed by atoms with Crippen molar-refractivity contribution in [2.75, 3.05) is 6.54 Å². The van der Waals surface area contributed by atoms with Crippen LogP contribution in [0.2, 0.25) is 0 Å². The molecule has 0 aliphatic heterocycles. The molecule has 7 heteroatoms. The molecule has 0 atom stereocenters. The average Bonchev–Trinajstić information content (AvgIpc) is 3.16. The lowest BCUT2D eigenvalue weighted by atomic mass is 10.2. The highest BCUT2D eigenvalue weighted by Gasteiger charge is 2.32. The summed E-state index contributed by atoms with van der Waals surface area (Å²) < 4.78 is 27.1. The molecule has 118 valence electrons. The van der Waals surface area contributed by atoms with Crippen LogP contribution in [0.3, 0.4) is 0 Å². The molecule has 0 saturated heterocycles. The first kappa shape index (κ1) is 16.2. The third-order valence-electron chi connectivity index (χ3n) is 3.62. The Hall–Kier alpha value is -1.18. The van der Waals surface area contributed by atoms with Crippen molar-refractivity contribution in [3.63, 3.8) is 0 Å². The molecule has 1 aromatic rings. The van der Waals surface area contributed by atoms with Crippen LogP contribution < -0.4 is 5.32 Å². The van der Waals surface area contributed by atoms with E-state index in [2.05, 4.69) is 22.1 Å². The molecule has 21 heavy (non-hydrogen) atoms. The average molecular weight is 312 g/mol. The number of rotatable bonds is 8. The van der Waals surface area contributed by atoms with E-state index in [0.29, 0.717) is 12.6 Å². The lowest BCUT2D eigenvalue weighted by molar-refractivity contribution is 0.380. The highest BCUT2D eigenvalue weighted by Crippen LogP contribution is 2.24. The van der Waals surface area contributed by atoms with Crippen LogP contribution in [-0.2, 0) is 16.6 Å². The van der Waals surface area contributed by atoms with Crippen LogP contribution in [0.15, 0.2) is 17.7 Å². The minimum absolute atomic E-state index is 0.128. The number of nitrogens with one attached hydrogen (secondary N) is 2. The quantitative estimate of drug-likeness (QED) is 0.714. The number of nitrogens with zero attached hydrogens (tertiary/aromatic N) is 2. The number of hydrogen-bond acceptors (Lipinski definition) is 4. The highest BCUT2D eigenvalue weighted by molar-refractivity contribution is 7.89. The third kappa shape index (κ3) is 3.53. The van der Waals surface area contributed by atoms with Gasteiger partial charge in [0.25, 0.3) is 10.0 Å². The topological polar surface area (TPSA) is 78.1 Å². The van der Waals surface area contributed by atoms with Crippen molar-refractivity contribution in [3.8, 4) is 0 Å². The van der Waals surface area contributed by atoms with E-state index in [0.717, 1.165) is 24.1 Å². The molecule has 1 aromatic heterocycles. The summed E-state index contributed by atoms with van der Waals surface area (Å²) in [5.41, 5.74) is 1.53. The highest BCUT2D eigenvalue weighted by atomic mass is 32.2. The van der Waals surface area contributed by atoms with Gasteiger partial charge in [-0.2, -0.15) is 9.40 Å². The van der Waals surface area contributed by atoms with E-state index in [-0.39, 0.29) is 17.6 Å². The molecule has 0 aromatic carbocycles. The minimum atomic E-state index is -3.62. The van der Waals surface area contributed by atoms with Crippen molar-refractivity contribution in [2.45, 2.75) is 57.3 Å². The lowest BCUT2D eigenvalue weighted by Gasteiger charge is -2.24. The zero-order chi connectivity index (χ0) is 15.6. The Bertz CT molecular complexity index is 602. The van der Waals surface area contributed by atoms with E-state index in [1.54, 1.807) is 6.08 Å². The van der Waals surface area contributed by atoms with E-state index in [1.165, 1.54) is 4.31 Å². The SMILES string of the molecule is C=CCN(C(C)C)S(=O)(=O)c1n[nH]c(C)c1CNC1CC1. The molecule has 0 radical (unpaired) electrons. The number of aryl methyl sites for hydroxylation is 1. The van der Waals surface area contributed by atoms with Gasteiger partial charge in [0, 0.05) is 36.4 Å². The van der Waals surface area contributed by atoms with Crippen LogP contribution in [0.4, 0.5) is 0 Å². The van der Waals surface area contributed by atoms with Crippen molar-refractivity contribution in [1.29, 1.82) is 0 Å². The van der Waals surface area contributed by atoms with Crippen LogP contribution in [0.5, 0.6) is 0 Å². The molecule has 1 fully saturated rings. The standard InChI is InChI=1S/C14H24N4O2S/c1-5-8-18(10(2)3)21(19,20)14-13(11(4)16-17-14)9-15-12-6-7-12/h5,10,12,15H,1,6-9H2,2-4H3,(H,16,17). The first-order chi connectivity index (χ1) is 9.87. The summed E-state index contributed by atoms with van der Waals surface area (Å²) in [4.78, 5) is 0. The van der Waals surface area contributed by atoms with Gasteiger partial charge in [0.1, 0.15) is 0 Å². The van der Waals surface area contributed by atoms with E-state index in [4.69, 9.17) is 0 Å². The molecular formula is C14H24N4O2S. The van der Waals surface area contributed by atoms with Gasteiger partial charge in [0.2, 0.25) is 0 Å². The number of sulfonamides is 1. The largest absolute Gasteiger partial charge is 0.310 e. The Morgan fingerprint density at radius 2 is 2.19 bits per heavy atom. The van der Waals surface area contributed by atoms with Crippen LogP contribution in [0.25, 0.3) is 0 Å². The number of aromatic amines is 1. The fourth-order valence-electron chi connectivity index (χ4n) is 2.21. The van der Waals surface area contributed by atoms with Gasteiger partial charge < -0.3 is 5.32 Å². The van der Waals surface area contributed by atoms with Gasteiger partial charge in [-0.15, -0.1) is 6.58 Å². The van der Waals surface area contributed by atoms with Crippen LogP contribution in [0.1, 0.15) is 37.9 Å². The second kappa shape index (κ2) is 6.29. The summed E-state index contributed by atoms with van der Waals surface area (Å²) in [5, 5.41) is 10.3. The van der Waals surface area contributed by atoms with Crippen molar-refractivity contribution < 1.29 is 8.42 Å². The predicted octanol–water partition coefficient (Wildman–Crippen LogP) is 1.56. The summed E-state index contributed by atoms with van der Waals surface area (Å²) in [6, 6.07) is 0.374. The fraction of sp³-hybridized carbons (Fsp3) is 0.643. The molecule has 1 aliphatic carbocycles. The van der Waals surface area contributed by atoms with Crippen molar-refractivity contribution in [1.82, 2.24) is 19.8 Å². The Balaban J connectivity index is 2.31. The van der Waals surface area contributed by atoms with Crippen molar-refractivity contribution >= 4 is 10.0 Å². The molecule has 1 aliphatic rings. The van der Waals surface area contributed by atoms with Crippen molar-refractivity contribution in [2.24, 2.45) is 0 Å². The molecule has 1 heterocycles. The first-order valence-corrected chi connectivity index (χ1v) is 8.72. The smallest absolute Gasteiger partial charge is 0.263 e. The molecule has 1 saturated carbocycles. The second-order valence-electron chi connectivity index (χ2n) is 5.74. The Labute approximate surface area is 126 Å². The van der Waals surface area contributed by atoms with E-state index < -0.39 is 10.0 Å².